The second-order valence-electron chi connectivity index (χ2n) is 9.86. The summed E-state index contributed by atoms with van der Waals surface area (Å²) in [4.78, 5) is 12.1. The fourth-order valence-corrected chi connectivity index (χ4v) is 4.50. The van der Waals surface area contributed by atoms with Crippen LogP contribution in [0, 0.1) is 5.92 Å². The molecule has 0 saturated heterocycles. The third-order valence-electron chi connectivity index (χ3n) is 6.71. The van der Waals surface area contributed by atoms with Gasteiger partial charge in [0.2, 0.25) is 0 Å². The monoisotopic (exact) mass is 438 g/mol. The summed E-state index contributed by atoms with van der Waals surface area (Å²) >= 11 is 0. The van der Waals surface area contributed by atoms with Crippen molar-refractivity contribution >= 4 is 5.97 Å². The maximum atomic E-state index is 12.1. The highest BCUT2D eigenvalue weighted by molar-refractivity contribution is 5.69. The van der Waals surface area contributed by atoms with Crippen molar-refractivity contribution in [1.82, 2.24) is 0 Å². The van der Waals surface area contributed by atoms with Gasteiger partial charge in [0.05, 0.1) is 6.61 Å². The zero-order valence-electron chi connectivity index (χ0n) is 21.9. The standard InChI is InChI=1S/C29H58O2/c1-4-7-10-13-15-16-17-19-22-25-29(30)31-27-26-28(23-20-12-9-6-3)24-21-18-14-11-8-5-2/h28H,4-27H2,1-3H3. The summed E-state index contributed by atoms with van der Waals surface area (Å²) in [6.07, 6.45) is 29.6. The third kappa shape index (κ3) is 24.0. The largest absolute Gasteiger partial charge is 0.466 e. The maximum absolute atomic E-state index is 12.1. The number of unbranched alkanes of at least 4 members (excludes halogenated alkanes) is 16. The first-order chi connectivity index (χ1) is 15.2. The van der Waals surface area contributed by atoms with Gasteiger partial charge in [0.1, 0.15) is 0 Å². The van der Waals surface area contributed by atoms with Gasteiger partial charge in [-0.1, -0.05) is 149 Å². The van der Waals surface area contributed by atoms with E-state index in [0.717, 1.165) is 18.8 Å². The summed E-state index contributed by atoms with van der Waals surface area (Å²) in [6.45, 7) is 7.47. The van der Waals surface area contributed by atoms with Gasteiger partial charge in [-0.15, -0.1) is 0 Å². The van der Waals surface area contributed by atoms with Crippen LogP contribution < -0.4 is 0 Å². The normalized spacial score (nSPS) is 12.2. The SMILES string of the molecule is CCCCCCCCCCCC(=O)OCCC(CCCCCC)CCCCCCCC. The Labute approximate surface area is 196 Å². The average Bonchev–Trinajstić information content (AvgIpc) is 2.77. The van der Waals surface area contributed by atoms with E-state index >= 15 is 0 Å². The molecule has 2 nitrogen and oxygen atoms in total. The molecule has 0 aliphatic rings. The highest BCUT2D eigenvalue weighted by Gasteiger charge is 2.11. The summed E-state index contributed by atoms with van der Waals surface area (Å²) in [5.41, 5.74) is 0. The lowest BCUT2D eigenvalue weighted by Crippen LogP contribution is -2.10. The van der Waals surface area contributed by atoms with Crippen molar-refractivity contribution in [3.63, 3.8) is 0 Å². The molecule has 1 atom stereocenters. The van der Waals surface area contributed by atoms with Crippen molar-refractivity contribution in [2.75, 3.05) is 6.61 Å². The van der Waals surface area contributed by atoms with E-state index in [2.05, 4.69) is 20.8 Å². The predicted molar refractivity (Wildman–Crippen MR) is 138 cm³/mol. The van der Waals surface area contributed by atoms with Crippen LogP contribution in [0.5, 0.6) is 0 Å². The van der Waals surface area contributed by atoms with E-state index in [4.69, 9.17) is 4.74 Å². The first-order valence-electron chi connectivity index (χ1n) is 14.4. The zero-order chi connectivity index (χ0) is 22.8. The minimum absolute atomic E-state index is 0.0345. The molecule has 31 heavy (non-hydrogen) atoms. The van der Waals surface area contributed by atoms with Gasteiger partial charge in [0.25, 0.3) is 0 Å². The van der Waals surface area contributed by atoms with Crippen LogP contribution in [0.1, 0.15) is 168 Å². The molecule has 0 aliphatic heterocycles. The second kappa shape index (κ2) is 25.7. The Bertz CT molecular complexity index is 353. The first-order valence-corrected chi connectivity index (χ1v) is 14.4. The van der Waals surface area contributed by atoms with Crippen molar-refractivity contribution in [2.24, 2.45) is 5.92 Å². The van der Waals surface area contributed by atoms with Gasteiger partial charge >= 0.3 is 5.97 Å². The first kappa shape index (κ1) is 30.5. The Kier molecular flexibility index (Phi) is 25.3. The molecular formula is C29H58O2. The Morgan fingerprint density at radius 1 is 0.516 bits per heavy atom. The fraction of sp³-hybridized carbons (Fsp3) is 0.966. The number of esters is 1. The van der Waals surface area contributed by atoms with Gasteiger partial charge in [-0.25, -0.2) is 0 Å². The van der Waals surface area contributed by atoms with Crippen LogP contribution in [-0.2, 0) is 9.53 Å². The van der Waals surface area contributed by atoms with E-state index in [0.29, 0.717) is 13.0 Å². The summed E-state index contributed by atoms with van der Waals surface area (Å²) in [5, 5.41) is 0. The van der Waals surface area contributed by atoms with Gasteiger partial charge in [-0.2, -0.15) is 0 Å². The number of carbonyl (C=O) groups is 1. The van der Waals surface area contributed by atoms with E-state index < -0.39 is 0 Å². The fourth-order valence-electron chi connectivity index (χ4n) is 4.50. The maximum Gasteiger partial charge on any atom is 0.305 e. The zero-order valence-corrected chi connectivity index (χ0v) is 21.9. The summed E-state index contributed by atoms with van der Waals surface area (Å²) in [5.74, 6) is 0.788. The smallest absolute Gasteiger partial charge is 0.305 e. The molecule has 0 spiro atoms. The van der Waals surface area contributed by atoms with Crippen molar-refractivity contribution in [1.29, 1.82) is 0 Å². The van der Waals surface area contributed by atoms with Crippen LogP contribution in [-0.4, -0.2) is 12.6 Å². The molecule has 186 valence electrons. The van der Waals surface area contributed by atoms with Gasteiger partial charge < -0.3 is 4.74 Å². The number of hydrogen-bond donors (Lipinski definition) is 0. The molecule has 0 amide bonds. The number of ether oxygens (including phenoxy) is 1. The van der Waals surface area contributed by atoms with Gasteiger partial charge in [0.15, 0.2) is 0 Å². The lowest BCUT2D eigenvalue weighted by molar-refractivity contribution is -0.144. The average molecular weight is 439 g/mol. The molecule has 1 unspecified atom stereocenters. The lowest BCUT2D eigenvalue weighted by atomic mass is 9.92. The third-order valence-corrected chi connectivity index (χ3v) is 6.71. The van der Waals surface area contributed by atoms with Crippen molar-refractivity contribution in [3.8, 4) is 0 Å². The molecule has 2 heteroatoms. The number of hydrogen-bond acceptors (Lipinski definition) is 2. The van der Waals surface area contributed by atoms with Crippen molar-refractivity contribution in [2.45, 2.75) is 168 Å². The molecule has 0 aliphatic carbocycles. The van der Waals surface area contributed by atoms with Crippen molar-refractivity contribution < 1.29 is 9.53 Å². The van der Waals surface area contributed by atoms with Crippen LogP contribution in [0.3, 0.4) is 0 Å². The van der Waals surface area contributed by atoms with E-state index in [1.807, 2.05) is 0 Å². The lowest BCUT2D eigenvalue weighted by Gasteiger charge is -2.17. The molecule has 0 aromatic rings. The summed E-state index contributed by atoms with van der Waals surface area (Å²) in [7, 11) is 0. The molecular weight excluding hydrogens is 380 g/mol. The summed E-state index contributed by atoms with van der Waals surface area (Å²) < 4.78 is 5.59. The molecule has 0 aromatic carbocycles. The van der Waals surface area contributed by atoms with Crippen LogP contribution in [0.4, 0.5) is 0 Å². The van der Waals surface area contributed by atoms with Crippen LogP contribution >= 0.6 is 0 Å². The molecule has 0 bridgehead atoms. The molecule has 0 rings (SSSR count). The Morgan fingerprint density at radius 3 is 1.39 bits per heavy atom. The predicted octanol–water partition coefficient (Wildman–Crippen LogP) is 10.2. The number of carbonyl (C=O) groups excluding carboxylic acids is 1. The summed E-state index contributed by atoms with van der Waals surface area (Å²) in [6, 6.07) is 0. The molecule has 0 radical (unpaired) electrons. The van der Waals surface area contributed by atoms with Gasteiger partial charge in [-0.3, -0.25) is 4.79 Å². The minimum atomic E-state index is 0.0345. The molecule has 0 heterocycles. The van der Waals surface area contributed by atoms with Crippen LogP contribution in [0.15, 0.2) is 0 Å². The number of rotatable bonds is 25. The second-order valence-corrected chi connectivity index (χ2v) is 9.86. The van der Waals surface area contributed by atoms with Gasteiger partial charge in [-0.05, 0) is 18.8 Å². The topological polar surface area (TPSA) is 26.3 Å². The molecule has 0 aromatic heterocycles. The molecule has 0 fully saturated rings. The van der Waals surface area contributed by atoms with E-state index in [1.54, 1.807) is 0 Å². The van der Waals surface area contributed by atoms with E-state index in [1.165, 1.54) is 128 Å². The Hall–Kier alpha value is -0.530. The highest BCUT2D eigenvalue weighted by atomic mass is 16.5. The highest BCUT2D eigenvalue weighted by Crippen LogP contribution is 2.22. The van der Waals surface area contributed by atoms with E-state index in [9.17, 15) is 4.79 Å². The Balaban J connectivity index is 3.78. The van der Waals surface area contributed by atoms with E-state index in [-0.39, 0.29) is 5.97 Å². The quantitative estimate of drug-likeness (QED) is 0.105. The van der Waals surface area contributed by atoms with Crippen LogP contribution in [0.25, 0.3) is 0 Å². The van der Waals surface area contributed by atoms with Crippen molar-refractivity contribution in [3.05, 3.63) is 0 Å². The van der Waals surface area contributed by atoms with Crippen LogP contribution in [0.2, 0.25) is 0 Å². The minimum Gasteiger partial charge on any atom is -0.466 e. The van der Waals surface area contributed by atoms with Gasteiger partial charge in [0, 0.05) is 6.42 Å². The molecule has 0 N–H and O–H groups in total. The molecule has 0 saturated carbocycles. The Morgan fingerprint density at radius 2 is 0.903 bits per heavy atom.